The van der Waals surface area contributed by atoms with Crippen molar-refractivity contribution < 1.29 is 33.8 Å². The number of esters is 1. The van der Waals surface area contributed by atoms with Gasteiger partial charge in [-0.2, -0.15) is 0 Å². The van der Waals surface area contributed by atoms with E-state index in [0.29, 0.717) is 16.7 Å². The Hall–Kier alpha value is -3.89. The molecule has 3 unspecified atom stereocenters. The van der Waals surface area contributed by atoms with Crippen LogP contribution < -0.4 is 16.8 Å². The molecule has 2 rings (SSSR count). The molecule has 2 aromatic carbocycles. The Kier molecular flexibility index (Phi) is 10.9. The molecule has 204 valence electrons. The van der Waals surface area contributed by atoms with Crippen LogP contribution in [-0.4, -0.2) is 59.3 Å². The lowest BCUT2D eigenvalue weighted by molar-refractivity contribution is -0.148. The van der Waals surface area contributed by atoms with Gasteiger partial charge in [0.25, 0.3) is 0 Å². The molecule has 0 fully saturated rings. The standard InChI is InChI=1S/C28H35N3O7/c1-15(2)23(29)26(34)31-19(13-18-11-6-5-7-12-18)25(33)22(24(30)27(35)36)20(32)14-38-28(37)21-16(3)9-8-10-17(21)4/h5-12,15,19,22-24H,13-14,29-30H2,1-4H3,(H,31,34)(H,35,36)/t19?,22-,23?,24?/m0/s1. The van der Waals surface area contributed by atoms with Crippen LogP contribution in [0.4, 0.5) is 0 Å². The fourth-order valence-electron chi connectivity index (χ4n) is 3.97. The summed E-state index contributed by atoms with van der Waals surface area (Å²) >= 11 is 0. The Bertz CT molecular complexity index is 1160. The molecule has 4 atom stereocenters. The van der Waals surface area contributed by atoms with Gasteiger partial charge in [0.2, 0.25) is 5.91 Å². The number of Topliss-reactive ketones (excluding diaryl/α,β-unsaturated/α-hetero) is 2. The molecule has 2 aromatic rings. The summed E-state index contributed by atoms with van der Waals surface area (Å²) in [5, 5.41) is 12.1. The number of nitrogens with one attached hydrogen (secondary N) is 1. The zero-order valence-corrected chi connectivity index (χ0v) is 22.0. The van der Waals surface area contributed by atoms with Gasteiger partial charge in [0, 0.05) is 0 Å². The highest BCUT2D eigenvalue weighted by Gasteiger charge is 2.41. The van der Waals surface area contributed by atoms with E-state index in [1.165, 1.54) is 0 Å². The Labute approximate surface area is 221 Å². The smallest absolute Gasteiger partial charge is 0.339 e. The lowest BCUT2D eigenvalue weighted by Crippen LogP contribution is -2.57. The van der Waals surface area contributed by atoms with E-state index in [0.717, 1.165) is 0 Å². The first-order valence-corrected chi connectivity index (χ1v) is 12.2. The third-order valence-electron chi connectivity index (χ3n) is 6.29. The van der Waals surface area contributed by atoms with Crippen molar-refractivity contribution in [1.82, 2.24) is 5.32 Å². The molecule has 0 heterocycles. The van der Waals surface area contributed by atoms with Crippen molar-refractivity contribution in [3.05, 3.63) is 70.8 Å². The van der Waals surface area contributed by atoms with Gasteiger partial charge in [0.05, 0.1) is 17.6 Å². The van der Waals surface area contributed by atoms with Crippen molar-refractivity contribution in [2.45, 2.75) is 52.2 Å². The van der Waals surface area contributed by atoms with Gasteiger partial charge in [0.15, 0.2) is 18.2 Å². The number of hydrogen-bond acceptors (Lipinski definition) is 8. The van der Waals surface area contributed by atoms with Gasteiger partial charge >= 0.3 is 11.9 Å². The Balaban J connectivity index is 2.34. The van der Waals surface area contributed by atoms with E-state index >= 15 is 0 Å². The minimum atomic E-state index is -1.93. The summed E-state index contributed by atoms with van der Waals surface area (Å²) in [6.45, 7) is 6.00. The highest BCUT2D eigenvalue weighted by molar-refractivity contribution is 6.10. The number of rotatable bonds is 13. The second kappa shape index (κ2) is 13.6. The van der Waals surface area contributed by atoms with Crippen LogP contribution in [0.15, 0.2) is 48.5 Å². The number of aryl methyl sites for hydroxylation is 2. The molecule has 0 saturated carbocycles. The monoisotopic (exact) mass is 525 g/mol. The molecule has 10 heteroatoms. The zero-order chi connectivity index (χ0) is 28.6. The molecule has 0 aromatic heterocycles. The minimum absolute atomic E-state index is 0.0332. The number of nitrogens with two attached hydrogens (primary N) is 2. The Morgan fingerprint density at radius 3 is 2.00 bits per heavy atom. The van der Waals surface area contributed by atoms with Crippen LogP contribution in [-0.2, 0) is 30.3 Å². The number of carbonyl (C=O) groups excluding carboxylic acids is 4. The third-order valence-corrected chi connectivity index (χ3v) is 6.29. The van der Waals surface area contributed by atoms with Crippen LogP contribution in [0.25, 0.3) is 0 Å². The summed E-state index contributed by atoms with van der Waals surface area (Å²) in [7, 11) is 0. The van der Waals surface area contributed by atoms with Crippen LogP contribution in [0.3, 0.4) is 0 Å². The fourth-order valence-corrected chi connectivity index (χ4v) is 3.97. The minimum Gasteiger partial charge on any atom is -0.480 e. The predicted molar refractivity (Wildman–Crippen MR) is 140 cm³/mol. The Morgan fingerprint density at radius 1 is 0.895 bits per heavy atom. The number of carbonyl (C=O) groups is 5. The zero-order valence-electron chi connectivity index (χ0n) is 22.0. The van der Waals surface area contributed by atoms with Crippen molar-refractivity contribution in [3.8, 4) is 0 Å². The summed E-state index contributed by atoms with van der Waals surface area (Å²) in [4.78, 5) is 63.9. The number of ketones is 2. The van der Waals surface area contributed by atoms with Crippen molar-refractivity contribution in [3.63, 3.8) is 0 Å². The van der Waals surface area contributed by atoms with Gasteiger partial charge in [-0.3, -0.25) is 19.2 Å². The van der Waals surface area contributed by atoms with Crippen LogP contribution in [0.1, 0.15) is 40.9 Å². The number of hydrogen-bond donors (Lipinski definition) is 4. The maximum atomic E-state index is 13.6. The van der Waals surface area contributed by atoms with Crippen LogP contribution >= 0.6 is 0 Å². The third kappa shape index (κ3) is 7.80. The molecule has 6 N–H and O–H groups in total. The first-order valence-electron chi connectivity index (χ1n) is 12.2. The SMILES string of the molecule is Cc1cccc(C)c1C(=O)OCC(=O)[C@H](C(=O)C(Cc1ccccc1)NC(=O)C(N)C(C)C)C(N)C(=O)O. The molecule has 0 saturated heterocycles. The number of benzene rings is 2. The molecule has 0 spiro atoms. The van der Waals surface area contributed by atoms with Crippen molar-refractivity contribution >= 4 is 29.4 Å². The van der Waals surface area contributed by atoms with E-state index in [4.69, 9.17) is 16.2 Å². The molecule has 38 heavy (non-hydrogen) atoms. The quantitative estimate of drug-likeness (QED) is 0.222. The van der Waals surface area contributed by atoms with Gasteiger partial charge in [-0.15, -0.1) is 0 Å². The molecular weight excluding hydrogens is 490 g/mol. The number of ether oxygens (including phenoxy) is 1. The van der Waals surface area contributed by atoms with Gasteiger partial charge < -0.3 is 26.6 Å². The van der Waals surface area contributed by atoms with Crippen molar-refractivity contribution in [2.75, 3.05) is 6.61 Å². The highest BCUT2D eigenvalue weighted by Crippen LogP contribution is 2.17. The summed E-state index contributed by atoms with van der Waals surface area (Å²) in [5.41, 5.74) is 13.9. The van der Waals surface area contributed by atoms with Crippen LogP contribution in [0, 0.1) is 25.7 Å². The number of aliphatic carboxylic acids is 1. The van der Waals surface area contributed by atoms with Crippen LogP contribution in [0.5, 0.6) is 0 Å². The maximum absolute atomic E-state index is 13.6. The van der Waals surface area contributed by atoms with E-state index in [1.54, 1.807) is 76.2 Å². The molecule has 0 aliphatic carbocycles. The summed E-state index contributed by atoms with van der Waals surface area (Å²) in [5.74, 6) is -7.06. The second-order valence-corrected chi connectivity index (χ2v) is 9.57. The van der Waals surface area contributed by atoms with Crippen molar-refractivity contribution in [2.24, 2.45) is 23.3 Å². The molecule has 0 aliphatic rings. The first kappa shape index (κ1) is 30.3. The van der Waals surface area contributed by atoms with Crippen molar-refractivity contribution in [1.29, 1.82) is 0 Å². The van der Waals surface area contributed by atoms with Gasteiger partial charge in [-0.1, -0.05) is 62.4 Å². The molecule has 1 amide bonds. The summed E-state index contributed by atoms with van der Waals surface area (Å²) < 4.78 is 5.16. The molecule has 0 bridgehead atoms. The summed E-state index contributed by atoms with van der Waals surface area (Å²) in [6.07, 6.45) is -0.0332. The van der Waals surface area contributed by atoms with Gasteiger partial charge in [-0.05, 0) is 42.9 Å². The van der Waals surface area contributed by atoms with E-state index in [9.17, 15) is 29.1 Å². The highest BCUT2D eigenvalue weighted by atomic mass is 16.5. The lowest BCUT2D eigenvalue weighted by Gasteiger charge is -2.26. The van der Waals surface area contributed by atoms with Crippen LogP contribution in [0.2, 0.25) is 0 Å². The normalized spacial score (nSPS) is 14.2. The molecular formula is C28H35N3O7. The first-order chi connectivity index (χ1) is 17.8. The topological polar surface area (TPSA) is 179 Å². The fraction of sp³-hybridized carbons (Fsp3) is 0.393. The molecule has 0 aliphatic heterocycles. The van der Waals surface area contributed by atoms with E-state index in [1.807, 2.05) is 0 Å². The maximum Gasteiger partial charge on any atom is 0.339 e. The van der Waals surface area contributed by atoms with Gasteiger partial charge in [0.1, 0.15) is 12.0 Å². The van der Waals surface area contributed by atoms with E-state index in [-0.39, 0.29) is 17.9 Å². The van der Waals surface area contributed by atoms with E-state index in [2.05, 4.69) is 5.32 Å². The average Bonchev–Trinajstić information content (AvgIpc) is 2.86. The average molecular weight is 526 g/mol. The number of amides is 1. The molecule has 0 radical (unpaired) electrons. The number of carboxylic acid groups (broad SMARTS) is 1. The lowest BCUT2D eigenvalue weighted by atomic mass is 9.85. The van der Waals surface area contributed by atoms with E-state index < -0.39 is 60.1 Å². The largest absolute Gasteiger partial charge is 0.480 e. The number of carboxylic acids is 1. The Morgan fingerprint density at radius 2 is 1.47 bits per heavy atom. The second-order valence-electron chi connectivity index (χ2n) is 9.57. The van der Waals surface area contributed by atoms with Gasteiger partial charge in [-0.25, -0.2) is 4.79 Å². The predicted octanol–water partition coefficient (Wildman–Crippen LogP) is 1.34. The molecule has 10 nitrogen and oxygen atoms in total. The summed E-state index contributed by atoms with van der Waals surface area (Å²) in [6, 6.07) is 9.67.